The van der Waals surface area contributed by atoms with Gasteiger partial charge >= 0.3 is 0 Å². The van der Waals surface area contributed by atoms with E-state index in [9.17, 15) is 0 Å². The number of benzene rings is 2. The fraction of sp³-hybridized carbons (Fsp3) is 0.478. The molecule has 5 heteroatoms. The summed E-state index contributed by atoms with van der Waals surface area (Å²) in [5.74, 6) is 0. The van der Waals surface area contributed by atoms with Crippen molar-refractivity contribution in [2.24, 2.45) is 5.41 Å². The Hall–Kier alpha value is -0.220. The van der Waals surface area contributed by atoms with Gasteiger partial charge in [-0.2, -0.15) is 0 Å². The van der Waals surface area contributed by atoms with Gasteiger partial charge in [0.25, 0.3) is 0 Å². The summed E-state index contributed by atoms with van der Waals surface area (Å²) in [4.78, 5) is 0. The van der Waals surface area contributed by atoms with E-state index in [0.717, 1.165) is 32.8 Å². The first-order valence-corrected chi connectivity index (χ1v) is 12.9. The monoisotopic (exact) mass is 604 g/mol. The minimum absolute atomic E-state index is 0.0274. The Morgan fingerprint density at radius 1 is 0.750 bits per heavy atom. The third-order valence-corrected chi connectivity index (χ3v) is 7.72. The van der Waals surface area contributed by atoms with Crippen LogP contribution in [0.3, 0.4) is 0 Å². The van der Waals surface area contributed by atoms with Crippen LogP contribution in [0.2, 0.25) is 0 Å². The van der Waals surface area contributed by atoms with Gasteiger partial charge in [-0.05, 0) is 24.0 Å². The molecule has 0 aromatic heterocycles. The van der Waals surface area contributed by atoms with Crippen LogP contribution in [-0.4, -0.2) is 27.4 Å². The Morgan fingerprint density at radius 3 is 1.71 bits per heavy atom. The molecule has 28 heavy (non-hydrogen) atoms. The van der Waals surface area contributed by atoms with Gasteiger partial charge in [0.05, 0.1) is 12.2 Å². The van der Waals surface area contributed by atoms with Crippen molar-refractivity contribution < 1.29 is 14.2 Å². The molecule has 3 nitrogen and oxygen atoms in total. The molecule has 150 valence electrons. The summed E-state index contributed by atoms with van der Waals surface area (Å²) < 4.78 is 21.8. The van der Waals surface area contributed by atoms with Gasteiger partial charge in [-0.25, -0.2) is 0 Å². The van der Waals surface area contributed by atoms with Crippen molar-refractivity contribution in [1.82, 2.24) is 0 Å². The first kappa shape index (κ1) is 21.0. The normalized spacial score (nSPS) is 35.8. The zero-order valence-corrected chi connectivity index (χ0v) is 20.3. The van der Waals surface area contributed by atoms with Gasteiger partial charge in [-0.3, -0.25) is 0 Å². The van der Waals surface area contributed by atoms with Gasteiger partial charge in [0, 0.05) is 14.3 Å². The molecule has 0 spiro atoms. The number of ether oxygens (including phenoxy) is 3. The fourth-order valence-electron chi connectivity index (χ4n) is 4.40. The second-order valence-corrected chi connectivity index (χ2v) is 9.78. The molecule has 0 aliphatic carbocycles. The molecule has 0 radical (unpaired) electrons. The van der Waals surface area contributed by atoms with Crippen molar-refractivity contribution in [3.8, 4) is 0 Å². The zero-order chi connectivity index (χ0) is 19.6. The maximum absolute atomic E-state index is 6.75. The van der Waals surface area contributed by atoms with Gasteiger partial charge < -0.3 is 14.2 Å². The highest BCUT2D eigenvalue weighted by Crippen LogP contribution is 2.50. The van der Waals surface area contributed by atoms with E-state index in [4.69, 9.17) is 14.2 Å². The summed E-state index contributed by atoms with van der Waals surface area (Å²) in [7, 11) is 0. The number of alkyl halides is 2. The molecule has 0 bridgehead atoms. The molecule has 0 amide bonds. The molecule has 4 rings (SSSR count). The van der Waals surface area contributed by atoms with Crippen LogP contribution in [0.5, 0.6) is 0 Å². The maximum atomic E-state index is 6.75. The third kappa shape index (κ3) is 4.43. The minimum atomic E-state index is -0.210. The molecule has 2 aromatic carbocycles. The molecule has 2 heterocycles. The van der Waals surface area contributed by atoms with E-state index >= 15 is 0 Å². The van der Waals surface area contributed by atoms with Crippen molar-refractivity contribution in [3.63, 3.8) is 0 Å². The van der Waals surface area contributed by atoms with Crippen molar-refractivity contribution in [2.75, 3.05) is 8.86 Å². The SMILES string of the molecule is C[C@@]12C[C@H](CI)O[C@@H]1O[C@H](c1ccccc1)[C@@H](c1ccccc1)O[C@H](CI)C2. The van der Waals surface area contributed by atoms with Crippen LogP contribution in [-0.2, 0) is 14.2 Å². The molecule has 2 fully saturated rings. The quantitative estimate of drug-likeness (QED) is 0.305. The molecule has 0 N–H and O–H groups in total. The lowest BCUT2D eigenvalue weighted by atomic mass is 9.80. The van der Waals surface area contributed by atoms with Crippen LogP contribution in [0.4, 0.5) is 0 Å². The molecular formula is C23H26I2O3. The second kappa shape index (κ2) is 9.29. The van der Waals surface area contributed by atoms with Crippen LogP contribution < -0.4 is 0 Å². The van der Waals surface area contributed by atoms with Gasteiger partial charge in [0.2, 0.25) is 0 Å². The highest BCUT2D eigenvalue weighted by Gasteiger charge is 2.50. The molecule has 6 atom stereocenters. The summed E-state index contributed by atoms with van der Waals surface area (Å²) >= 11 is 4.87. The van der Waals surface area contributed by atoms with Crippen LogP contribution in [0.25, 0.3) is 0 Å². The van der Waals surface area contributed by atoms with E-state index in [0.29, 0.717) is 0 Å². The van der Waals surface area contributed by atoms with Gasteiger partial charge in [-0.15, -0.1) is 0 Å². The fourth-order valence-corrected chi connectivity index (χ4v) is 5.44. The smallest absolute Gasteiger partial charge is 0.164 e. The maximum Gasteiger partial charge on any atom is 0.164 e. The van der Waals surface area contributed by atoms with Crippen molar-refractivity contribution in [2.45, 2.75) is 50.5 Å². The molecule has 2 saturated heterocycles. The van der Waals surface area contributed by atoms with E-state index in [1.54, 1.807) is 0 Å². The summed E-state index contributed by atoms with van der Waals surface area (Å²) in [6, 6.07) is 20.9. The van der Waals surface area contributed by atoms with Gasteiger partial charge in [0.1, 0.15) is 12.2 Å². The molecule has 2 aliphatic rings. The number of hydrogen-bond donors (Lipinski definition) is 0. The summed E-state index contributed by atoms with van der Waals surface area (Å²) in [6.45, 7) is 2.30. The highest BCUT2D eigenvalue weighted by atomic mass is 127. The Kier molecular flexibility index (Phi) is 6.97. The highest BCUT2D eigenvalue weighted by molar-refractivity contribution is 14.1. The number of hydrogen-bond acceptors (Lipinski definition) is 3. The van der Waals surface area contributed by atoms with Crippen LogP contribution >= 0.6 is 45.2 Å². The molecule has 2 aromatic rings. The second-order valence-electron chi connectivity index (χ2n) is 8.02. The standard InChI is InChI=1S/C23H26I2O3/c1-23-12-18(14-24)26-20(16-8-4-2-5-9-16)21(17-10-6-3-7-11-17)28-22(23)27-19(13-23)15-25/h2-11,18-22H,12-15H2,1H3/t18-,19+,20+,21+,22+,23+/m0/s1. The number of fused-ring (bicyclic) bond motifs is 1. The lowest BCUT2D eigenvalue weighted by molar-refractivity contribution is -0.249. The Balaban J connectivity index is 1.75. The third-order valence-electron chi connectivity index (χ3n) is 5.76. The molecular weight excluding hydrogens is 578 g/mol. The first-order chi connectivity index (χ1) is 13.6. The van der Waals surface area contributed by atoms with E-state index in [2.05, 4.69) is 101 Å². The number of rotatable bonds is 4. The van der Waals surface area contributed by atoms with E-state index in [1.165, 1.54) is 0 Å². The van der Waals surface area contributed by atoms with Crippen molar-refractivity contribution in [1.29, 1.82) is 0 Å². The van der Waals surface area contributed by atoms with Crippen molar-refractivity contribution in [3.05, 3.63) is 71.8 Å². The van der Waals surface area contributed by atoms with Crippen LogP contribution in [0.15, 0.2) is 60.7 Å². The largest absolute Gasteiger partial charge is 0.366 e. The topological polar surface area (TPSA) is 27.7 Å². The lowest BCUT2D eigenvalue weighted by Crippen LogP contribution is -2.41. The molecule has 0 saturated carbocycles. The summed E-state index contributed by atoms with van der Waals surface area (Å²) in [5, 5.41) is 0. The summed E-state index contributed by atoms with van der Waals surface area (Å²) in [5.41, 5.74) is 2.26. The average molecular weight is 604 g/mol. The van der Waals surface area contributed by atoms with E-state index < -0.39 is 0 Å². The predicted octanol–water partition coefficient (Wildman–Crippen LogP) is 6.27. The van der Waals surface area contributed by atoms with Crippen LogP contribution in [0, 0.1) is 5.41 Å². The van der Waals surface area contributed by atoms with Gasteiger partial charge in [0.15, 0.2) is 6.29 Å². The zero-order valence-electron chi connectivity index (χ0n) is 16.0. The minimum Gasteiger partial charge on any atom is -0.366 e. The average Bonchev–Trinajstić information content (AvgIpc) is 3.04. The first-order valence-electron chi connectivity index (χ1n) is 9.81. The van der Waals surface area contributed by atoms with Gasteiger partial charge in [-0.1, -0.05) is 113 Å². The Morgan fingerprint density at radius 2 is 1.21 bits per heavy atom. The number of halogens is 2. The molecule has 2 aliphatic heterocycles. The van der Waals surface area contributed by atoms with E-state index in [-0.39, 0.29) is 36.1 Å². The Bertz CT molecular complexity index is 757. The van der Waals surface area contributed by atoms with Crippen molar-refractivity contribution >= 4 is 45.2 Å². The van der Waals surface area contributed by atoms with E-state index in [1.807, 2.05) is 12.1 Å². The summed E-state index contributed by atoms with van der Waals surface area (Å²) in [6.07, 6.45) is 1.83. The predicted molar refractivity (Wildman–Crippen MR) is 128 cm³/mol. The van der Waals surface area contributed by atoms with Crippen LogP contribution in [0.1, 0.15) is 43.1 Å². The molecule has 0 unspecified atom stereocenters. The Labute approximate surface area is 194 Å². The lowest BCUT2D eigenvalue weighted by Gasteiger charge is -2.42.